The second-order valence-electron chi connectivity index (χ2n) is 13.2. The smallest absolute Gasteiger partial charge is 0.00856 e. The molecule has 31 heavy (non-hydrogen) atoms. The SMILES string of the molecule is CC/C=C1/C(C)CC(CC(C)(C)CC)CC(C)CCC1(C)C(C)CCCC1(C)CP1C. The van der Waals surface area contributed by atoms with Crippen LogP contribution in [-0.4, -0.2) is 18.0 Å². The number of allylic oxidation sites excluding steroid dienone is 2. The lowest BCUT2D eigenvalue weighted by Gasteiger charge is -2.42. The van der Waals surface area contributed by atoms with E-state index >= 15 is 0 Å². The highest BCUT2D eigenvalue weighted by Crippen LogP contribution is 2.67. The maximum Gasteiger partial charge on any atom is -0.00856 e. The van der Waals surface area contributed by atoms with Crippen LogP contribution in [0.5, 0.6) is 0 Å². The lowest BCUT2D eigenvalue weighted by Crippen LogP contribution is -2.31. The van der Waals surface area contributed by atoms with Crippen LogP contribution in [0, 0.1) is 34.5 Å². The first-order valence-electron chi connectivity index (χ1n) is 13.8. The zero-order chi connectivity index (χ0) is 23.4. The van der Waals surface area contributed by atoms with Crippen molar-refractivity contribution in [1.82, 2.24) is 0 Å². The van der Waals surface area contributed by atoms with E-state index < -0.39 is 0 Å². The molecule has 7 unspecified atom stereocenters. The van der Waals surface area contributed by atoms with Gasteiger partial charge in [0.25, 0.3) is 0 Å². The molecule has 2 fully saturated rings. The van der Waals surface area contributed by atoms with Crippen LogP contribution in [0.3, 0.4) is 0 Å². The normalized spacial score (nSPS) is 39.6. The van der Waals surface area contributed by atoms with Crippen molar-refractivity contribution in [3.8, 4) is 0 Å². The van der Waals surface area contributed by atoms with E-state index in [1.54, 1.807) is 0 Å². The fourth-order valence-corrected chi connectivity index (χ4v) is 8.87. The van der Waals surface area contributed by atoms with Gasteiger partial charge in [-0.15, -0.1) is 7.92 Å². The molecule has 1 heterocycles. The van der Waals surface area contributed by atoms with Crippen molar-refractivity contribution < 1.29 is 0 Å². The van der Waals surface area contributed by atoms with Crippen LogP contribution in [0.25, 0.3) is 0 Å². The van der Waals surface area contributed by atoms with Gasteiger partial charge in [0.2, 0.25) is 0 Å². The summed E-state index contributed by atoms with van der Waals surface area (Å²) < 4.78 is 0. The monoisotopic (exact) mass is 448 g/mol. The Morgan fingerprint density at radius 2 is 1.81 bits per heavy atom. The number of hydrogen-bond donors (Lipinski definition) is 0. The van der Waals surface area contributed by atoms with E-state index in [-0.39, 0.29) is 0 Å². The zero-order valence-corrected chi connectivity index (χ0v) is 24.0. The minimum atomic E-state index is 0.357. The minimum absolute atomic E-state index is 0.357. The van der Waals surface area contributed by atoms with E-state index in [0.717, 1.165) is 28.8 Å². The molecule has 1 saturated heterocycles. The summed E-state index contributed by atoms with van der Waals surface area (Å²) in [6, 6.07) is 0. The first-order valence-corrected chi connectivity index (χ1v) is 15.8. The molecule has 1 heteroatoms. The van der Waals surface area contributed by atoms with Gasteiger partial charge in [-0.3, -0.25) is 0 Å². The fraction of sp³-hybridized carbons (Fsp3) is 0.933. The molecule has 0 nitrogen and oxygen atoms in total. The molecule has 1 saturated carbocycles. The Labute approximate surface area is 198 Å². The molecule has 0 bridgehead atoms. The van der Waals surface area contributed by atoms with E-state index in [2.05, 4.69) is 75.1 Å². The highest BCUT2D eigenvalue weighted by Gasteiger charge is 2.46. The highest BCUT2D eigenvalue weighted by atomic mass is 31.1. The molecule has 182 valence electrons. The molecule has 7 atom stereocenters. The van der Waals surface area contributed by atoms with Crippen LogP contribution in [0.15, 0.2) is 11.6 Å². The average Bonchev–Trinajstić information content (AvgIpc) is 3.28. The van der Waals surface area contributed by atoms with Crippen molar-refractivity contribution >= 4 is 7.92 Å². The Bertz CT molecular complexity index is 589. The van der Waals surface area contributed by atoms with Gasteiger partial charge in [-0.1, -0.05) is 86.8 Å². The summed E-state index contributed by atoms with van der Waals surface area (Å²) in [4.78, 5) is 0. The largest absolute Gasteiger partial charge is 0.103 e. The van der Waals surface area contributed by atoms with Gasteiger partial charge in [0.05, 0.1) is 0 Å². The predicted molar refractivity (Wildman–Crippen MR) is 145 cm³/mol. The van der Waals surface area contributed by atoms with Gasteiger partial charge in [0.15, 0.2) is 0 Å². The number of hydrogen-bond acceptors (Lipinski definition) is 0. The molecule has 2 rings (SSSR count). The minimum Gasteiger partial charge on any atom is -0.103 e. The van der Waals surface area contributed by atoms with Gasteiger partial charge in [0, 0.05) is 0 Å². The van der Waals surface area contributed by atoms with E-state index in [1.165, 1.54) is 70.4 Å². The van der Waals surface area contributed by atoms with Gasteiger partial charge in [0.1, 0.15) is 0 Å². The summed E-state index contributed by atoms with van der Waals surface area (Å²) in [5, 5.41) is 0.734. The number of rotatable bonds is 9. The first kappa shape index (κ1) is 27.4. The lowest BCUT2D eigenvalue weighted by atomic mass is 9.63. The van der Waals surface area contributed by atoms with E-state index in [9.17, 15) is 0 Å². The van der Waals surface area contributed by atoms with Gasteiger partial charge in [-0.05, 0) is 104 Å². The van der Waals surface area contributed by atoms with Gasteiger partial charge in [-0.25, -0.2) is 0 Å². The molecule has 2 aliphatic rings. The lowest BCUT2D eigenvalue weighted by molar-refractivity contribution is 0.189. The second kappa shape index (κ2) is 11.1. The average molecular weight is 449 g/mol. The van der Waals surface area contributed by atoms with Gasteiger partial charge >= 0.3 is 0 Å². The van der Waals surface area contributed by atoms with Crippen LogP contribution < -0.4 is 0 Å². The van der Waals surface area contributed by atoms with Crippen molar-refractivity contribution in [3.63, 3.8) is 0 Å². The summed E-state index contributed by atoms with van der Waals surface area (Å²) in [5.41, 5.74) is 2.70. The van der Waals surface area contributed by atoms with Crippen LogP contribution >= 0.6 is 7.92 Å². The predicted octanol–water partition coefficient (Wildman–Crippen LogP) is 10.3. The zero-order valence-electron chi connectivity index (χ0n) is 23.1. The fourth-order valence-electron chi connectivity index (χ4n) is 6.79. The standard InChI is InChI=1S/C30H57P/c1-11-14-27-24(4)20-26(21-28(6,7)12-2)19-23(3)16-18-30(27,9)25(5)15-13-17-29(8)22-31(29)10/h14,23-26H,11-13,15-22H2,1-10H3/b27-14-. The van der Waals surface area contributed by atoms with Crippen molar-refractivity contribution in [2.75, 3.05) is 12.8 Å². The molecule has 0 aromatic carbocycles. The summed E-state index contributed by atoms with van der Waals surface area (Å²) in [6.45, 7) is 25.2. The molecule has 0 spiro atoms. The Kier molecular flexibility index (Phi) is 9.78. The third kappa shape index (κ3) is 7.33. The third-order valence-electron chi connectivity index (χ3n) is 9.83. The third-order valence-corrected chi connectivity index (χ3v) is 12.8. The maximum atomic E-state index is 2.66. The molecule has 1 aliphatic heterocycles. The topological polar surface area (TPSA) is 0 Å². The van der Waals surface area contributed by atoms with Crippen LogP contribution in [0.2, 0.25) is 0 Å². The molecular formula is C30H57P. The van der Waals surface area contributed by atoms with Crippen LogP contribution in [-0.2, 0) is 0 Å². The van der Waals surface area contributed by atoms with E-state index in [1.807, 2.05) is 5.57 Å². The molecule has 1 aliphatic carbocycles. The second-order valence-corrected chi connectivity index (χ2v) is 16.0. The van der Waals surface area contributed by atoms with Crippen molar-refractivity contribution in [2.24, 2.45) is 34.5 Å². The van der Waals surface area contributed by atoms with Crippen LogP contribution in [0.1, 0.15) is 127 Å². The summed E-state index contributed by atoms with van der Waals surface area (Å²) in [7, 11) is 0.357. The summed E-state index contributed by atoms with van der Waals surface area (Å²) >= 11 is 0. The van der Waals surface area contributed by atoms with Crippen LogP contribution in [0.4, 0.5) is 0 Å². The molecule has 0 N–H and O–H groups in total. The quantitative estimate of drug-likeness (QED) is 0.243. The summed E-state index contributed by atoms with van der Waals surface area (Å²) in [6.07, 6.45) is 18.1. The molecular weight excluding hydrogens is 391 g/mol. The van der Waals surface area contributed by atoms with Crippen molar-refractivity contribution in [1.29, 1.82) is 0 Å². The Balaban J connectivity index is 2.18. The van der Waals surface area contributed by atoms with Crippen molar-refractivity contribution in [2.45, 2.75) is 132 Å². The maximum absolute atomic E-state index is 2.66. The Morgan fingerprint density at radius 1 is 1.16 bits per heavy atom. The molecule has 0 radical (unpaired) electrons. The Morgan fingerprint density at radius 3 is 2.35 bits per heavy atom. The van der Waals surface area contributed by atoms with Crippen molar-refractivity contribution in [3.05, 3.63) is 11.6 Å². The highest BCUT2D eigenvalue weighted by molar-refractivity contribution is 7.66. The van der Waals surface area contributed by atoms with Gasteiger partial charge in [-0.2, -0.15) is 0 Å². The van der Waals surface area contributed by atoms with E-state index in [4.69, 9.17) is 0 Å². The Hall–Kier alpha value is 0.170. The summed E-state index contributed by atoms with van der Waals surface area (Å²) in [5.74, 6) is 3.29. The first-order chi connectivity index (χ1) is 14.4. The molecule has 0 aromatic rings. The molecule has 0 aromatic heterocycles. The molecule has 0 amide bonds. The van der Waals surface area contributed by atoms with Gasteiger partial charge < -0.3 is 0 Å². The van der Waals surface area contributed by atoms with E-state index in [0.29, 0.717) is 18.8 Å².